The van der Waals surface area contributed by atoms with Gasteiger partial charge in [0.05, 0.1) is 18.0 Å². The second kappa shape index (κ2) is 7.85. The van der Waals surface area contributed by atoms with Gasteiger partial charge in [-0.2, -0.15) is 0 Å². The van der Waals surface area contributed by atoms with Gasteiger partial charge in [-0.25, -0.2) is 0 Å². The highest BCUT2D eigenvalue weighted by atomic mass is 16.6. The summed E-state index contributed by atoms with van der Waals surface area (Å²) in [5.41, 5.74) is 3.84. The zero-order valence-electron chi connectivity index (χ0n) is 10.9. The van der Waals surface area contributed by atoms with Crippen molar-refractivity contribution in [3.05, 3.63) is 39.9 Å². The number of rotatable bonds is 6. The maximum Gasteiger partial charge on any atom is 0.282 e. The van der Waals surface area contributed by atoms with E-state index in [1.165, 1.54) is 24.3 Å². The van der Waals surface area contributed by atoms with Crippen LogP contribution in [0.25, 0.3) is 0 Å². The van der Waals surface area contributed by atoms with Crippen LogP contribution in [-0.2, 0) is 9.53 Å². The number of nitrogens with one attached hydrogen (secondary N) is 2. The van der Waals surface area contributed by atoms with Crippen molar-refractivity contribution in [2.75, 3.05) is 13.2 Å². The molecule has 0 spiro atoms. The minimum absolute atomic E-state index is 0.0883. The number of hydrazine groups is 1. The standard InChI is InChI=1S/C12H15N3O5/c1-2-20-8-7-11(16)13-14-12(17)9-5-3-4-6-10(9)15(18)19/h3-6H,2,7-8H2,1H3,(H,13,16)(H,14,17). The number of ether oxygens (including phenoxy) is 1. The van der Waals surface area contributed by atoms with Gasteiger partial charge in [0.1, 0.15) is 5.56 Å². The Bertz CT molecular complexity index is 504. The van der Waals surface area contributed by atoms with Crippen LogP contribution in [0, 0.1) is 10.1 Å². The first-order valence-corrected chi connectivity index (χ1v) is 5.96. The average Bonchev–Trinajstić information content (AvgIpc) is 2.45. The van der Waals surface area contributed by atoms with Crippen LogP contribution >= 0.6 is 0 Å². The summed E-state index contributed by atoms with van der Waals surface area (Å²) in [5, 5.41) is 10.8. The first-order chi connectivity index (χ1) is 9.56. The van der Waals surface area contributed by atoms with E-state index in [1.807, 2.05) is 0 Å². The Morgan fingerprint density at radius 1 is 1.30 bits per heavy atom. The molecule has 0 fully saturated rings. The molecule has 0 aliphatic heterocycles. The number of nitro groups is 1. The van der Waals surface area contributed by atoms with Crippen LogP contribution in [0.3, 0.4) is 0 Å². The lowest BCUT2D eigenvalue weighted by molar-refractivity contribution is -0.385. The number of hydrogen-bond donors (Lipinski definition) is 2. The molecule has 0 aliphatic rings. The maximum absolute atomic E-state index is 11.7. The van der Waals surface area contributed by atoms with Gasteiger partial charge in [-0.05, 0) is 13.0 Å². The van der Waals surface area contributed by atoms with E-state index in [0.29, 0.717) is 6.61 Å². The molecule has 0 heterocycles. The van der Waals surface area contributed by atoms with Crippen LogP contribution in [0.1, 0.15) is 23.7 Å². The second-order valence-corrected chi connectivity index (χ2v) is 3.72. The van der Waals surface area contributed by atoms with Crippen molar-refractivity contribution in [2.45, 2.75) is 13.3 Å². The van der Waals surface area contributed by atoms with Gasteiger partial charge in [-0.1, -0.05) is 12.1 Å². The molecule has 0 saturated heterocycles. The number of nitro benzene ring substituents is 1. The second-order valence-electron chi connectivity index (χ2n) is 3.72. The van der Waals surface area contributed by atoms with Crippen molar-refractivity contribution >= 4 is 17.5 Å². The fourth-order valence-electron chi connectivity index (χ4n) is 1.39. The monoisotopic (exact) mass is 281 g/mol. The zero-order valence-corrected chi connectivity index (χ0v) is 10.9. The SMILES string of the molecule is CCOCCC(=O)NNC(=O)c1ccccc1[N+](=O)[O-]. The Labute approximate surface area is 115 Å². The molecular formula is C12H15N3O5. The zero-order chi connectivity index (χ0) is 15.0. The first-order valence-electron chi connectivity index (χ1n) is 5.96. The largest absolute Gasteiger partial charge is 0.381 e. The van der Waals surface area contributed by atoms with Crippen LogP contribution in [-0.4, -0.2) is 30.0 Å². The molecular weight excluding hydrogens is 266 g/mol. The van der Waals surface area contributed by atoms with Gasteiger partial charge in [0.25, 0.3) is 11.6 Å². The molecule has 2 N–H and O–H groups in total. The van der Waals surface area contributed by atoms with Gasteiger partial charge < -0.3 is 4.74 Å². The van der Waals surface area contributed by atoms with Gasteiger partial charge in [-0.15, -0.1) is 0 Å². The smallest absolute Gasteiger partial charge is 0.282 e. The maximum atomic E-state index is 11.7. The number of carbonyl (C=O) groups excluding carboxylic acids is 2. The molecule has 1 aromatic rings. The Morgan fingerprint density at radius 2 is 2.00 bits per heavy atom. The van der Waals surface area contributed by atoms with Crippen LogP contribution in [0.15, 0.2) is 24.3 Å². The summed E-state index contributed by atoms with van der Waals surface area (Å²) in [6.07, 6.45) is 0.0883. The molecule has 0 bridgehead atoms. The molecule has 0 aromatic heterocycles. The number of nitrogens with zero attached hydrogens (tertiary/aromatic N) is 1. The van der Waals surface area contributed by atoms with Gasteiger partial charge in [0.2, 0.25) is 5.91 Å². The number of carbonyl (C=O) groups is 2. The number of para-hydroxylation sites is 1. The molecule has 0 atom stereocenters. The Balaban J connectivity index is 2.55. The van der Waals surface area contributed by atoms with Crippen molar-refractivity contribution in [1.82, 2.24) is 10.9 Å². The summed E-state index contributed by atoms with van der Waals surface area (Å²) < 4.78 is 4.98. The normalized spacial score (nSPS) is 9.85. The molecule has 0 radical (unpaired) electrons. The van der Waals surface area contributed by atoms with E-state index < -0.39 is 16.7 Å². The van der Waals surface area contributed by atoms with Gasteiger partial charge in [0, 0.05) is 12.7 Å². The number of hydrogen-bond acceptors (Lipinski definition) is 5. The minimum Gasteiger partial charge on any atom is -0.381 e. The topological polar surface area (TPSA) is 111 Å². The molecule has 20 heavy (non-hydrogen) atoms. The third-order valence-corrected chi connectivity index (χ3v) is 2.34. The molecule has 2 amide bonds. The molecule has 1 aromatic carbocycles. The molecule has 0 saturated carbocycles. The third kappa shape index (κ3) is 4.65. The molecule has 0 unspecified atom stereocenters. The molecule has 0 aliphatic carbocycles. The lowest BCUT2D eigenvalue weighted by Gasteiger charge is -2.07. The summed E-state index contributed by atoms with van der Waals surface area (Å²) in [4.78, 5) is 33.2. The van der Waals surface area contributed by atoms with E-state index in [1.54, 1.807) is 6.92 Å². The van der Waals surface area contributed by atoms with Crippen molar-refractivity contribution < 1.29 is 19.2 Å². The fraction of sp³-hybridized carbons (Fsp3) is 0.333. The highest BCUT2D eigenvalue weighted by Crippen LogP contribution is 2.16. The van der Waals surface area contributed by atoms with Crippen molar-refractivity contribution in [3.63, 3.8) is 0 Å². The molecule has 1 rings (SSSR count). The number of benzene rings is 1. The van der Waals surface area contributed by atoms with E-state index in [4.69, 9.17) is 4.74 Å². The number of amides is 2. The Morgan fingerprint density at radius 3 is 2.65 bits per heavy atom. The van der Waals surface area contributed by atoms with Crippen LogP contribution in [0.4, 0.5) is 5.69 Å². The minimum atomic E-state index is -0.748. The van der Waals surface area contributed by atoms with Crippen LogP contribution in [0.5, 0.6) is 0 Å². The van der Waals surface area contributed by atoms with Crippen LogP contribution in [0.2, 0.25) is 0 Å². The average molecular weight is 281 g/mol. The summed E-state index contributed by atoms with van der Waals surface area (Å²) in [7, 11) is 0. The van der Waals surface area contributed by atoms with E-state index in [0.717, 1.165) is 0 Å². The Kier molecular flexibility index (Phi) is 6.11. The lowest BCUT2D eigenvalue weighted by atomic mass is 10.2. The van der Waals surface area contributed by atoms with Crippen molar-refractivity contribution in [2.24, 2.45) is 0 Å². The molecule has 108 valence electrons. The summed E-state index contributed by atoms with van der Waals surface area (Å²) in [5.74, 6) is -1.19. The summed E-state index contributed by atoms with van der Waals surface area (Å²) in [6, 6.07) is 5.47. The van der Waals surface area contributed by atoms with Gasteiger partial charge >= 0.3 is 0 Å². The summed E-state index contributed by atoms with van der Waals surface area (Å²) >= 11 is 0. The third-order valence-electron chi connectivity index (χ3n) is 2.34. The van der Waals surface area contributed by atoms with E-state index in [2.05, 4.69) is 10.9 Å². The van der Waals surface area contributed by atoms with E-state index in [-0.39, 0.29) is 24.3 Å². The summed E-state index contributed by atoms with van der Waals surface area (Å²) in [6.45, 7) is 2.54. The lowest BCUT2D eigenvalue weighted by Crippen LogP contribution is -2.42. The van der Waals surface area contributed by atoms with E-state index in [9.17, 15) is 19.7 Å². The quantitative estimate of drug-likeness (QED) is 0.455. The Hall–Kier alpha value is -2.48. The van der Waals surface area contributed by atoms with Crippen molar-refractivity contribution in [3.8, 4) is 0 Å². The highest BCUT2D eigenvalue weighted by molar-refractivity contribution is 5.98. The first kappa shape index (κ1) is 15.6. The van der Waals surface area contributed by atoms with Gasteiger partial charge in [0.15, 0.2) is 0 Å². The molecule has 8 heteroatoms. The fourth-order valence-corrected chi connectivity index (χ4v) is 1.39. The predicted molar refractivity (Wildman–Crippen MR) is 69.8 cm³/mol. The predicted octanol–water partition coefficient (Wildman–Crippen LogP) is 0.782. The highest BCUT2D eigenvalue weighted by Gasteiger charge is 2.19. The van der Waals surface area contributed by atoms with E-state index >= 15 is 0 Å². The van der Waals surface area contributed by atoms with Crippen molar-refractivity contribution in [1.29, 1.82) is 0 Å². The van der Waals surface area contributed by atoms with Gasteiger partial charge in [-0.3, -0.25) is 30.6 Å². The molecule has 8 nitrogen and oxygen atoms in total. The van der Waals surface area contributed by atoms with Crippen LogP contribution < -0.4 is 10.9 Å².